The molecule has 0 N–H and O–H groups in total. The van der Waals surface area contributed by atoms with Gasteiger partial charge in [-0.2, -0.15) is 0 Å². The van der Waals surface area contributed by atoms with E-state index in [1.165, 1.54) is 2.88 Å². The van der Waals surface area contributed by atoms with Gasteiger partial charge in [-0.15, -0.1) is 11.3 Å². The second-order valence-corrected chi connectivity index (χ2v) is 3.76. The highest BCUT2D eigenvalue weighted by Gasteiger charge is 1.77. The van der Waals surface area contributed by atoms with Crippen LogP contribution in [0.25, 0.3) is 0 Å². The van der Waals surface area contributed by atoms with Crippen LogP contribution in [0.4, 0.5) is 0 Å². The van der Waals surface area contributed by atoms with Crippen LogP contribution in [0.5, 0.6) is 0 Å². The van der Waals surface area contributed by atoms with Crippen LogP contribution in [0, 0.1) is 2.88 Å². The Kier molecular flexibility index (Phi) is 1.48. The largest absolute Gasteiger partial charge is 0.138 e. The zero-order valence-corrected chi connectivity index (χ0v) is 5.99. The average molecular weight is 213 g/mol. The SMILES string of the molecule is Ic1cccs1.[2HH]. The van der Waals surface area contributed by atoms with Crippen molar-refractivity contribution in [3.05, 3.63) is 20.4 Å². The number of halogens is 1. The topological polar surface area (TPSA) is 0 Å². The third-order valence-corrected chi connectivity index (χ3v) is 2.26. The van der Waals surface area contributed by atoms with Crippen LogP contribution in [-0.4, -0.2) is 0 Å². The van der Waals surface area contributed by atoms with Gasteiger partial charge in [-0.05, 0) is 34.0 Å². The summed E-state index contributed by atoms with van der Waals surface area (Å²) in [7, 11) is 0. The van der Waals surface area contributed by atoms with Crippen LogP contribution in [-0.2, 0) is 0 Å². The van der Waals surface area contributed by atoms with Crippen molar-refractivity contribution >= 4 is 33.9 Å². The minimum absolute atomic E-state index is 0. The molecule has 0 atom stereocenters. The van der Waals surface area contributed by atoms with Crippen molar-refractivity contribution in [2.45, 2.75) is 0 Å². The fraction of sp³-hybridized carbons (Fsp3) is 0. The van der Waals surface area contributed by atoms with Crippen molar-refractivity contribution in [2.75, 3.05) is 0 Å². The van der Waals surface area contributed by atoms with E-state index in [9.17, 15) is 0 Å². The molecule has 0 aliphatic heterocycles. The molecular weight excluding hydrogens is 207 g/mol. The van der Waals surface area contributed by atoms with Gasteiger partial charge in [0.15, 0.2) is 0 Å². The van der Waals surface area contributed by atoms with Gasteiger partial charge < -0.3 is 0 Å². The minimum Gasteiger partial charge on any atom is -0.138 e. The van der Waals surface area contributed by atoms with Gasteiger partial charge in [0, 0.05) is 1.43 Å². The number of thiophene rings is 1. The molecule has 0 aliphatic carbocycles. The summed E-state index contributed by atoms with van der Waals surface area (Å²) >= 11 is 4.06. The maximum atomic E-state index is 2.29. The standard InChI is InChI=1S/C4H3IS.H2/c5-4-2-1-3-6-4;/h1-3H;1H/i;1+1. The first-order valence-electron chi connectivity index (χ1n) is 1.58. The van der Waals surface area contributed by atoms with E-state index in [1.807, 2.05) is 6.07 Å². The van der Waals surface area contributed by atoms with Crippen LogP contribution >= 0.6 is 33.9 Å². The summed E-state index contributed by atoms with van der Waals surface area (Å²) in [5.74, 6) is 0. The van der Waals surface area contributed by atoms with Crippen molar-refractivity contribution in [3.8, 4) is 0 Å². The summed E-state index contributed by atoms with van der Waals surface area (Å²) in [5.41, 5.74) is 0. The Morgan fingerprint density at radius 2 is 2.67 bits per heavy atom. The summed E-state index contributed by atoms with van der Waals surface area (Å²) in [4.78, 5) is 0. The number of hydrogen-bond acceptors (Lipinski definition) is 1. The molecule has 0 saturated carbocycles. The highest BCUT2D eigenvalue weighted by atomic mass is 127. The van der Waals surface area contributed by atoms with E-state index >= 15 is 0 Å². The van der Waals surface area contributed by atoms with Crippen LogP contribution < -0.4 is 0 Å². The first-order chi connectivity index (χ1) is 2.89. The molecule has 0 spiro atoms. The molecule has 0 bridgehead atoms. The molecule has 0 unspecified atom stereocenters. The van der Waals surface area contributed by atoms with E-state index in [0.29, 0.717) is 0 Å². The predicted octanol–water partition coefficient (Wildman–Crippen LogP) is 2.60. The maximum Gasteiger partial charge on any atom is 0.0653 e. The Balaban J connectivity index is 0.000000360. The predicted molar refractivity (Wildman–Crippen MR) is 39.2 cm³/mol. The molecule has 1 aromatic heterocycles. The molecule has 6 heavy (non-hydrogen) atoms. The van der Waals surface area contributed by atoms with Gasteiger partial charge in [-0.1, -0.05) is 6.07 Å². The average Bonchev–Trinajstić information content (AvgIpc) is 1.86. The molecule has 34 valence electrons. The Morgan fingerprint density at radius 1 is 1.83 bits per heavy atom. The molecule has 0 aliphatic rings. The summed E-state index contributed by atoms with van der Waals surface area (Å²) < 4.78 is 1.35. The number of hydrogen-bond donors (Lipinski definition) is 0. The van der Waals surface area contributed by atoms with Gasteiger partial charge in [0.25, 0.3) is 0 Å². The van der Waals surface area contributed by atoms with E-state index in [2.05, 4.69) is 34.0 Å². The molecule has 1 rings (SSSR count). The Bertz CT molecular complexity index is 115. The lowest BCUT2D eigenvalue weighted by Crippen LogP contribution is -1.38. The van der Waals surface area contributed by atoms with Gasteiger partial charge in [0.05, 0.1) is 2.88 Å². The lowest BCUT2D eigenvalue weighted by atomic mass is 10.7. The summed E-state index contributed by atoms with van der Waals surface area (Å²) in [6.07, 6.45) is 0. The highest BCUT2D eigenvalue weighted by Crippen LogP contribution is 2.09. The van der Waals surface area contributed by atoms with Gasteiger partial charge >= 0.3 is 0 Å². The van der Waals surface area contributed by atoms with Crippen molar-refractivity contribution in [2.24, 2.45) is 0 Å². The van der Waals surface area contributed by atoms with Crippen molar-refractivity contribution < 1.29 is 1.43 Å². The van der Waals surface area contributed by atoms with E-state index < -0.39 is 0 Å². The molecule has 0 fully saturated rings. The summed E-state index contributed by atoms with van der Waals surface area (Å²) in [6.45, 7) is 0. The van der Waals surface area contributed by atoms with Crippen LogP contribution in [0.3, 0.4) is 0 Å². The van der Waals surface area contributed by atoms with Gasteiger partial charge in [-0.3, -0.25) is 0 Å². The third-order valence-electron chi connectivity index (χ3n) is 0.486. The Labute approximate surface area is 55.8 Å². The quantitative estimate of drug-likeness (QED) is 0.581. The Morgan fingerprint density at radius 3 is 2.83 bits per heavy atom. The highest BCUT2D eigenvalue weighted by molar-refractivity contribution is 14.1. The first kappa shape index (κ1) is 4.59. The molecule has 0 nitrogen and oxygen atoms in total. The maximum absolute atomic E-state index is 2.29. The van der Waals surface area contributed by atoms with E-state index in [0.717, 1.165) is 0 Å². The van der Waals surface area contributed by atoms with Crippen molar-refractivity contribution in [1.29, 1.82) is 0 Å². The molecule has 1 aromatic rings. The van der Waals surface area contributed by atoms with E-state index in [-0.39, 0.29) is 1.43 Å². The second-order valence-electron chi connectivity index (χ2n) is 0.917. The molecule has 0 amide bonds. The molecule has 1 heterocycles. The second kappa shape index (κ2) is 1.93. The summed E-state index contributed by atoms with van der Waals surface area (Å²) in [6, 6.07) is 4.14. The monoisotopic (exact) mass is 213 g/mol. The zero-order chi connectivity index (χ0) is 4.41. The normalized spacial score (nSPS) is 8.83. The van der Waals surface area contributed by atoms with Crippen LogP contribution in [0.2, 0.25) is 0 Å². The smallest absolute Gasteiger partial charge is 0.0653 e. The van der Waals surface area contributed by atoms with Gasteiger partial charge in [0.1, 0.15) is 0 Å². The van der Waals surface area contributed by atoms with E-state index in [4.69, 9.17) is 0 Å². The lowest BCUT2D eigenvalue weighted by Gasteiger charge is -1.62. The summed E-state index contributed by atoms with van der Waals surface area (Å²) in [5, 5.41) is 2.07. The van der Waals surface area contributed by atoms with Crippen LogP contribution in [0.15, 0.2) is 17.5 Å². The van der Waals surface area contributed by atoms with Crippen molar-refractivity contribution in [1.82, 2.24) is 0 Å². The molecule has 0 aromatic carbocycles. The minimum atomic E-state index is 0. The van der Waals surface area contributed by atoms with Crippen LogP contribution in [0.1, 0.15) is 1.43 Å². The number of rotatable bonds is 0. The van der Waals surface area contributed by atoms with Gasteiger partial charge in [-0.25, -0.2) is 0 Å². The molecule has 0 radical (unpaired) electrons. The first-order valence-corrected chi connectivity index (χ1v) is 3.54. The van der Waals surface area contributed by atoms with Gasteiger partial charge in [0.2, 0.25) is 0 Å². The fourth-order valence-electron chi connectivity index (χ4n) is 0.259. The molecular formula is C4H5IS. The van der Waals surface area contributed by atoms with E-state index in [1.54, 1.807) is 11.3 Å². The zero-order valence-electron chi connectivity index (χ0n) is 3.02. The molecule has 2 heteroatoms. The molecule has 0 saturated heterocycles. The third kappa shape index (κ3) is 0.944. The fourth-order valence-corrected chi connectivity index (χ4v) is 1.35. The lowest BCUT2D eigenvalue weighted by molar-refractivity contribution is 1.97. The Hall–Kier alpha value is 0.430. The van der Waals surface area contributed by atoms with Crippen molar-refractivity contribution in [3.63, 3.8) is 0 Å².